The Morgan fingerprint density at radius 1 is 1.39 bits per heavy atom. The zero-order chi connectivity index (χ0) is 13.8. The molecule has 1 rings (SSSR count). The number of sulfonamides is 1. The SMILES string of the molecule is CC[C@@H](C)NS(=O)(=O)c1ccccc1C(=O)OC. The van der Waals surface area contributed by atoms with Crippen molar-refractivity contribution < 1.29 is 17.9 Å². The highest BCUT2D eigenvalue weighted by Crippen LogP contribution is 2.16. The number of methoxy groups -OCH3 is 1. The molecule has 1 aromatic carbocycles. The summed E-state index contributed by atoms with van der Waals surface area (Å²) in [6.45, 7) is 3.64. The summed E-state index contributed by atoms with van der Waals surface area (Å²) in [5.41, 5.74) is 0.0378. The minimum Gasteiger partial charge on any atom is -0.465 e. The Morgan fingerprint density at radius 3 is 2.56 bits per heavy atom. The molecule has 0 heterocycles. The lowest BCUT2D eigenvalue weighted by atomic mass is 10.2. The molecule has 1 atom stereocenters. The van der Waals surface area contributed by atoms with Crippen LogP contribution in [0.3, 0.4) is 0 Å². The van der Waals surface area contributed by atoms with E-state index in [9.17, 15) is 13.2 Å². The van der Waals surface area contributed by atoms with Gasteiger partial charge in [0.25, 0.3) is 0 Å². The molecule has 0 bridgehead atoms. The van der Waals surface area contributed by atoms with E-state index in [-0.39, 0.29) is 16.5 Å². The average Bonchev–Trinajstić information content (AvgIpc) is 2.37. The molecule has 0 unspecified atom stereocenters. The fourth-order valence-corrected chi connectivity index (χ4v) is 2.91. The zero-order valence-electron chi connectivity index (χ0n) is 10.6. The van der Waals surface area contributed by atoms with E-state index in [1.54, 1.807) is 19.1 Å². The molecule has 0 aliphatic carbocycles. The number of hydrogen-bond donors (Lipinski definition) is 1. The molecular formula is C12H17NO4S. The molecular weight excluding hydrogens is 254 g/mol. The number of nitrogens with one attached hydrogen (secondary N) is 1. The zero-order valence-corrected chi connectivity index (χ0v) is 11.5. The van der Waals surface area contributed by atoms with E-state index in [1.165, 1.54) is 19.2 Å². The molecule has 18 heavy (non-hydrogen) atoms. The van der Waals surface area contributed by atoms with Crippen LogP contribution in [0.1, 0.15) is 30.6 Å². The fraction of sp³-hybridized carbons (Fsp3) is 0.417. The summed E-state index contributed by atoms with van der Waals surface area (Å²) in [7, 11) is -2.49. The Hall–Kier alpha value is -1.40. The minimum atomic E-state index is -3.71. The second-order valence-electron chi connectivity index (χ2n) is 3.92. The number of ether oxygens (including phenoxy) is 1. The van der Waals surface area contributed by atoms with E-state index in [2.05, 4.69) is 9.46 Å². The lowest BCUT2D eigenvalue weighted by Crippen LogP contribution is -2.33. The Bertz CT molecular complexity index is 525. The molecule has 0 amide bonds. The molecule has 0 fully saturated rings. The number of benzene rings is 1. The van der Waals surface area contributed by atoms with Crippen LogP contribution in [0.2, 0.25) is 0 Å². The van der Waals surface area contributed by atoms with Crippen LogP contribution < -0.4 is 4.72 Å². The van der Waals surface area contributed by atoms with Crippen LogP contribution in [-0.2, 0) is 14.8 Å². The van der Waals surface area contributed by atoms with Gasteiger partial charge in [0.1, 0.15) is 0 Å². The Balaban J connectivity index is 3.20. The fourth-order valence-electron chi connectivity index (χ4n) is 1.39. The van der Waals surface area contributed by atoms with Crippen molar-refractivity contribution in [1.82, 2.24) is 4.72 Å². The van der Waals surface area contributed by atoms with Crippen LogP contribution in [0.4, 0.5) is 0 Å². The third-order valence-corrected chi connectivity index (χ3v) is 4.20. The number of hydrogen-bond acceptors (Lipinski definition) is 4. The molecule has 0 aliphatic heterocycles. The Morgan fingerprint density at radius 2 is 2.00 bits per heavy atom. The topological polar surface area (TPSA) is 72.5 Å². The van der Waals surface area contributed by atoms with Crippen molar-refractivity contribution in [3.05, 3.63) is 29.8 Å². The molecule has 1 N–H and O–H groups in total. The van der Waals surface area contributed by atoms with Crippen LogP contribution in [0.15, 0.2) is 29.2 Å². The van der Waals surface area contributed by atoms with Crippen LogP contribution in [0.5, 0.6) is 0 Å². The summed E-state index contributed by atoms with van der Waals surface area (Å²) in [5, 5.41) is 0. The van der Waals surface area contributed by atoms with Gasteiger partial charge in [-0.25, -0.2) is 17.9 Å². The number of carbonyl (C=O) groups is 1. The molecule has 0 aliphatic rings. The van der Waals surface area contributed by atoms with Crippen LogP contribution in [0.25, 0.3) is 0 Å². The van der Waals surface area contributed by atoms with Crippen LogP contribution in [-0.4, -0.2) is 27.5 Å². The van der Waals surface area contributed by atoms with Gasteiger partial charge in [-0.2, -0.15) is 0 Å². The first kappa shape index (κ1) is 14.7. The molecule has 0 aromatic heterocycles. The van der Waals surface area contributed by atoms with Crippen LogP contribution in [0, 0.1) is 0 Å². The van der Waals surface area contributed by atoms with Gasteiger partial charge < -0.3 is 4.74 Å². The number of carbonyl (C=O) groups excluding carboxylic acids is 1. The van der Waals surface area contributed by atoms with Gasteiger partial charge in [-0.15, -0.1) is 0 Å². The summed E-state index contributed by atoms with van der Waals surface area (Å²) in [6, 6.07) is 5.78. The molecule has 1 aromatic rings. The summed E-state index contributed by atoms with van der Waals surface area (Å²) in [6.07, 6.45) is 0.666. The third-order valence-electron chi connectivity index (χ3n) is 2.55. The first-order chi connectivity index (χ1) is 8.42. The quantitative estimate of drug-likeness (QED) is 0.825. The molecule has 0 spiro atoms. The molecule has 0 saturated heterocycles. The molecule has 5 nitrogen and oxygen atoms in total. The lowest BCUT2D eigenvalue weighted by Gasteiger charge is -2.14. The highest BCUT2D eigenvalue weighted by Gasteiger charge is 2.23. The maximum Gasteiger partial charge on any atom is 0.339 e. The highest BCUT2D eigenvalue weighted by molar-refractivity contribution is 7.89. The van der Waals surface area contributed by atoms with Gasteiger partial charge in [0.15, 0.2) is 0 Å². The summed E-state index contributed by atoms with van der Waals surface area (Å²) in [5.74, 6) is -0.667. The van der Waals surface area contributed by atoms with Crippen molar-refractivity contribution in [3.63, 3.8) is 0 Å². The van der Waals surface area contributed by atoms with Gasteiger partial charge in [-0.1, -0.05) is 19.1 Å². The van der Waals surface area contributed by atoms with E-state index in [4.69, 9.17) is 0 Å². The first-order valence-corrected chi connectivity index (χ1v) is 7.10. The summed E-state index contributed by atoms with van der Waals surface area (Å²) < 4.78 is 31.3. The van der Waals surface area contributed by atoms with Gasteiger partial charge in [-0.05, 0) is 25.5 Å². The predicted octanol–water partition coefficient (Wildman–Crippen LogP) is 1.55. The van der Waals surface area contributed by atoms with Gasteiger partial charge in [0.05, 0.1) is 17.6 Å². The summed E-state index contributed by atoms with van der Waals surface area (Å²) >= 11 is 0. The van der Waals surface area contributed by atoms with Gasteiger partial charge in [0, 0.05) is 6.04 Å². The predicted molar refractivity (Wildman–Crippen MR) is 67.9 cm³/mol. The van der Waals surface area contributed by atoms with Crippen molar-refractivity contribution >= 4 is 16.0 Å². The minimum absolute atomic E-state index is 0.0378. The van der Waals surface area contributed by atoms with E-state index >= 15 is 0 Å². The van der Waals surface area contributed by atoms with Crippen molar-refractivity contribution in [2.45, 2.75) is 31.2 Å². The standard InChI is InChI=1S/C12H17NO4S/c1-4-9(2)13-18(15,16)11-8-6-5-7-10(11)12(14)17-3/h5-9,13H,4H2,1-3H3/t9-/m1/s1. The second kappa shape index (κ2) is 5.97. The van der Waals surface area contributed by atoms with Crippen molar-refractivity contribution in [2.24, 2.45) is 0 Å². The van der Waals surface area contributed by atoms with Crippen molar-refractivity contribution in [2.75, 3.05) is 7.11 Å². The van der Waals surface area contributed by atoms with Crippen molar-refractivity contribution in [3.8, 4) is 0 Å². The van der Waals surface area contributed by atoms with E-state index in [0.717, 1.165) is 0 Å². The largest absolute Gasteiger partial charge is 0.465 e. The van der Waals surface area contributed by atoms with E-state index < -0.39 is 16.0 Å². The molecule has 100 valence electrons. The Kier molecular flexibility index (Phi) is 4.86. The van der Waals surface area contributed by atoms with Crippen LogP contribution >= 0.6 is 0 Å². The van der Waals surface area contributed by atoms with E-state index in [1.807, 2.05) is 6.92 Å². The lowest BCUT2D eigenvalue weighted by molar-refractivity contribution is 0.0596. The van der Waals surface area contributed by atoms with Gasteiger partial charge in [0.2, 0.25) is 10.0 Å². The normalized spacial score (nSPS) is 13.1. The molecule has 0 saturated carbocycles. The van der Waals surface area contributed by atoms with Crippen molar-refractivity contribution in [1.29, 1.82) is 0 Å². The average molecular weight is 271 g/mol. The maximum absolute atomic E-state index is 12.1. The van der Waals surface area contributed by atoms with Gasteiger partial charge >= 0.3 is 5.97 Å². The third kappa shape index (κ3) is 3.30. The van der Waals surface area contributed by atoms with E-state index in [0.29, 0.717) is 6.42 Å². The molecule has 6 heteroatoms. The number of esters is 1. The smallest absolute Gasteiger partial charge is 0.339 e. The summed E-state index contributed by atoms with van der Waals surface area (Å²) in [4.78, 5) is 11.5. The monoisotopic (exact) mass is 271 g/mol. The Labute approximate surface area is 107 Å². The first-order valence-electron chi connectivity index (χ1n) is 5.62. The highest BCUT2D eigenvalue weighted by atomic mass is 32.2. The number of rotatable bonds is 5. The molecule has 0 radical (unpaired) electrons. The van der Waals surface area contributed by atoms with Gasteiger partial charge in [-0.3, -0.25) is 0 Å². The maximum atomic E-state index is 12.1. The second-order valence-corrected chi connectivity index (χ2v) is 5.60.